The molecule has 0 heterocycles. The number of rotatable bonds is 8. The molecular weight excluding hydrogens is 284 g/mol. The predicted molar refractivity (Wildman–Crippen MR) is 83.5 cm³/mol. The second-order valence-corrected chi connectivity index (χ2v) is 5.46. The van der Waals surface area contributed by atoms with Crippen molar-refractivity contribution in [3.63, 3.8) is 0 Å². The molecule has 0 aromatic heterocycles. The van der Waals surface area contributed by atoms with E-state index in [9.17, 15) is 4.79 Å². The van der Waals surface area contributed by atoms with Crippen LogP contribution in [0.15, 0.2) is 12.1 Å². The molecule has 1 aliphatic rings. The largest absolute Gasteiger partial charge is 0.493 e. The molecule has 0 radical (unpaired) electrons. The van der Waals surface area contributed by atoms with E-state index >= 15 is 0 Å². The van der Waals surface area contributed by atoms with Crippen molar-refractivity contribution in [3.8, 4) is 17.2 Å². The average Bonchev–Trinajstić information content (AvgIpc) is 3.36. The molecule has 122 valence electrons. The van der Waals surface area contributed by atoms with Crippen molar-refractivity contribution < 1.29 is 19.0 Å². The summed E-state index contributed by atoms with van der Waals surface area (Å²) >= 11 is 0. The van der Waals surface area contributed by atoms with E-state index in [1.165, 1.54) is 0 Å². The molecule has 0 aliphatic heterocycles. The maximum Gasteiger partial charge on any atom is 0.224 e. The van der Waals surface area contributed by atoms with Crippen molar-refractivity contribution in [2.45, 2.75) is 25.3 Å². The molecule has 1 aromatic carbocycles. The highest BCUT2D eigenvalue weighted by Crippen LogP contribution is 2.38. The molecule has 6 nitrogen and oxygen atoms in total. The van der Waals surface area contributed by atoms with E-state index in [4.69, 9.17) is 19.9 Å². The standard InChI is InChI=1S/C16H24N2O4/c1-20-13-6-10(7-14(21-2)16(13)22-3)8-15(19)18-12(9-17)11-4-5-11/h6-7,11-12H,4-5,8-9,17H2,1-3H3,(H,18,19). The normalized spacial score (nSPS) is 15.1. The minimum atomic E-state index is -0.0448. The zero-order valence-electron chi connectivity index (χ0n) is 13.3. The Morgan fingerprint density at radius 3 is 2.23 bits per heavy atom. The quantitative estimate of drug-likeness (QED) is 0.751. The lowest BCUT2D eigenvalue weighted by Gasteiger charge is -2.17. The minimum absolute atomic E-state index is 0.0448. The van der Waals surface area contributed by atoms with E-state index in [1.54, 1.807) is 33.5 Å². The number of methoxy groups -OCH3 is 3. The summed E-state index contributed by atoms with van der Waals surface area (Å²) < 4.78 is 15.9. The first-order valence-electron chi connectivity index (χ1n) is 7.41. The third kappa shape index (κ3) is 3.82. The SMILES string of the molecule is COc1cc(CC(=O)NC(CN)C2CC2)cc(OC)c1OC. The number of carbonyl (C=O) groups excluding carboxylic acids is 1. The number of benzene rings is 1. The van der Waals surface area contributed by atoms with E-state index in [0.29, 0.717) is 29.7 Å². The molecule has 22 heavy (non-hydrogen) atoms. The van der Waals surface area contributed by atoms with Crippen LogP contribution >= 0.6 is 0 Å². The highest BCUT2D eigenvalue weighted by Gasteiger charge is 2.31. The van der Waals surface area contributed by atoms with Gasteiger partial charge in [0, 0.05) is 12.6 Å². The highest BCUT2D eigenvalue weighted by atomic mass is 16.5. The zero-order chi connectivity index (χ0) is 16.1. The first-order valence-corrected chi connectivity index (χ1v) is 7.41. The Morgan fingerprint density at radius 1 is 1.23 bits per heavy atom. The molecule has 1 aliphatic carbocycles. The number of carbonyl (C=O) groups is 1. The maximum atomic E-state index is 12.2. The predicted octanol–water partition coefficient (Wildman–Crippen LogP) is 1.11. The molecule has 2 rings (SSSR count). The van der Waals surface area contributed by atoms with Crippen LogP contribution in [0, 0.1) is 5.92 Å². The fourth-order valence-electron chi connectivity index (χ4n) is 2.55. The Morgan fingerprint density at radius 2 is 1.82 bits per heavy atom. The maximum absolute atomic E-state index is 12.2. The summed E-state index contributed by atoms with van der Waals surface area (Å²) in [5.41, 5.74) is 6.52. The molecule has 0 spiro atoms. The number of amides is 1. The van der Waals surface area contributed by atoms with Crippen LogP contribution in [-0.4, -0.2) is 39.8 Å². The summed E-state index contributed by atoms with van der Waals surface area (Å²) in [7, 11) is 4.66. The zero-order valence-corrected chi connectivity index (χ0v) is 13.3. The number of hydrogen-bond donors (Lipinski definition) is 2. The fraction of sp³-hybridized carbons (Fsp3) is 0.562. The lowest BCUT2D eigenvalue weighted by atomic mass is 10.1. The van der Waals surface area contributed by atoms with E-state index in [0.717, 1.165) is 18.4 Å². The molecular formula is C16H24N2O4. The molecule has 1 amide bonds. The van der Waals surface area contributed by atoms with Gasteiger partial charge in [-0.15, -0.1) is 0 Å². The molecule has 3 N–H and O–H groups in total. The van der Waals surface area contributed by atoms with Crippen LogP contribution in [0.2, 0.25) is 0 Å². The van der Waals surface area contributed by atoms with Crippen LogP contribution in [-0.2, 0) is 11.2 Å². The summed E-state index contributed by atoms with van der Waals surface area (Å²) in [6.07, 6.45) is 2.54. The Balaban J connectivity index is 2.09. The number of ether oxygens (including phenoxy) is 3. The van der Waals surface area contributed by atoms with Gasteiger partial charge in [-0.25, -0.2) is 0 Å². The van der Waals surface area contributed by atoms with E-state index < -0.39 is 0 Å². The Bertz CT molecular complexity index is 504. The van der Waals surface area contributed by atoms with Gasteiger partial charge in [0.2, 0.25) is 11.7 Å². The van der Waals surface area contributed by atoms with Gasteiger partial charge in [0.1, 0.15) is 0 Å². The third-order valence-electron chi connectivity index (χ3n) is 3.88. The van der Waals surface area contributed by atoms with Gasteiger partial charge >= 0.3 is 0 Å². The van der Waals surface area contributed by atoms with E-state index in [1.807, 2.05) is 0 Å². The van der Waals surface area contributed by atoms with Crippen LogP contribution in [0.3, 0.4) is 0 Å². The number of nitrogens with one attached hydrogen (secondary N) is 1. The van der Waals surface area contributed by atoms with Crippen LogP contribution in [0.1, 0.15) is 18.4 Å². The summed E-state index contributed by atoms with van der Waals surface area (Å²) in [5, 5.41) is 3.00. The van der Waals surface area contributed by atoms with Gasteiger partial charge in [-0.1, -0.05) is 0 Å². The fourth-order valence-corrected chi connectivity index (χ4v) is 2.55. The summed E-state index contributed by atoms with van der Waals surface area (Å²) in [6, 6.07) is 3.65. The molecule has 6 heteroatoms. The molecule has 0 saturated heterocycles. The van der Waals surface area contributed by atoms with Crippen molar-refractivity contribution in [1.29, 1.82) is 0 Å². The Labute approximate surface area is 130 Å². The Hall–Kier alpha value is -1.95. The highest BCUT2D eigenvalue weighted by molar-refractivity contribution is 5.79. The van der Waals surface area contributed by atoms with Gasteiger partial charge in [0.25, 0.3) is 0 Å². The smallest absolute Gasteiger partial charge is 0.224 e. The van der Waals surface area contributed by atoms with Crippen LogP contribution < -0.4 is 25.3 Å². The molecule has 1 aromatic rings. The molecule has 1 atom stereocenters. The second kappa shape index (κ2) is 7.35. The lowest BCUT2D eigenvalue weighted by Crippen LogP contribution is -2.42. The first kappa shape index (κ1) is 16.4. The molecule has 1 saturated carbocycles. The van der Waals surface area contributed by atoms with Gasteiger partial charge in [-0.3, -0.25) is 4.79 Å². The van der Waals surface area contributed by atoms with Gasteiger partial charge in [0.05, 0.1) is 27.8 Å². The monoisotopic (exact) mass is 308 g/mol. The van der Waals surface area contributed by atoms with Crippen molar-refractivity contribution in [1.82, 2.24) is 5.32 Å². The van der Waals surface area contributed by atoms with Crippen molar-refractivity contribution in [2.75, 3.05) is 27.9 Å². The number of hydrogen-bond acceptors (Lipinski definition) is 5. The van der Waals surface area contributed by atoms with Crippen LogP contribution in [0.4, 0.5) is 0 Å². The van der Waals surface area contributed by atoms with E-state index in [2.05, 4.69) is 5.32 Å². The van der Waals surface area contributed by atoms with Crippen LogP contribution in [0.5, 0.6) is 17.2 Å². The van der Waals surface area contributed by atoms with Crippen molar-refractivity contribution >= 4 is 5.91 Å². The summed E-state index contributed by atoms with van der Waals surface area (Å²) in [6.45, 7) is 0.478. The van der Waals surface area contributed by atoms with Gasteiger partial charge in [-0.2, -0.15) is 0 Å². The first-order chi connectivity index (χ1) is 10.6. The average molecular weight is 308 g/mol. The molecule has 1 unspecified atom stereocenters. The Kier molecular flexibility index (Phi) is 5.49. The topological polar surface area (TPSA) is 82.8 Å². The summed E-state index contributed by atoms with van der Waals surface area (Å²) in [4.78, 5) is 12.2. The van der Waals surface area contributed by atoms with Gasteiger partial charge < -0.3 is 25.3 Å². The number of nitrogens with two attached hydrogens (primary N) is 1. The van der Waals surface area contributed by atoms with Gasteiger partial charge in [-0.05, 0) is 36.5 Å². The lowest BCUT2D eigenvalue weighted by molar-refractivity contribution is -0.121. The van der Waals surface area contributed by atoms with Crippen molar-refractivity contribution in [3.05, 3.63) is 17.7 Å². The third-order valence-corrected chi connectivity index (χ3v) is 3.88. The molecule has 0 bridgehead atoms. The van der Waals surface area contributed by atoms with Crippen LogP contribution in [0.25, 0.3) is 0 Å². The minimum Gasteiger partial charge on any atom is -0.493 e. The molecule has 1 fully saturated rings. The summed E-state index contributed by atoms with van der Waals surface area (Å²) in [5.74, 6) is 2.10. The van der Waals surface area contributed by atoms with Gasteiger partial charge in [0.15, 0.2) is 11.5 Å². The van der Waals surface area contributed by atoms with Crippen molar-refractivity contribution in [2.24, 2.45) is 11.7 Å². The van der Waals surface area contributed by atoms with E-state index in [-0.39, 0.29) is 18.4 Å². The second-order valence-electron chi connectivity index (χ2n) is 5.46.